The van der Waals surface area contributed by atoms with Crippen molar-refractivity contribution < 1.29 is 85.4 Å². The van der Waals surface area contributed by atoms with Crippen LogP contribution >= 0.6 is 0 Å². The molecule has 0 saturated heterocycles. The van der Waals surface area contributed by atoms with Crippen molar-refractivity contribution >= 4 is 60.8 Å². The SMILES string of the molecule is COc1cc(O)cc(/C=C/c2ccc(OC(F)F)cc2)c1.COc1ccc(/C=C/c2cc(O)cc(O)c2)cc1.COc1cccc(/C=C/c2ccc(C)cc2)c1.Oc1cc(O)cc(/C=C/c2ccc(OC(F)F)cc2)c1.Oc1cccc(/C=C/c2ccc(OC(F)F)cc2)c1. The molecule has 0 bridgehead atoms. The van der Waals surface area contributed by atoms with Gasteiger partial charge in [-0.25, -0.2) is 0 Å². The molecule has 0 radical (unpaired) electrons. The van der Waals surface area contributed by atoms with Crippen LogP contribution in [0.25, 0.3) is 60.8 Å². The molecule has 18 heteroatoms. The first-order valence-electron chi connectivity index (χ1n) is 28.8. The van der Waals surface area contributed by atoms with Crippen molar-refractivity contribution in [1.29, 1.82) is 0 Å². The smallest absolute Gasteiger partial charge is 0.387 e. The number of phenols is 6. The highest BCUT2D eigenvalue weighted by Gasteiger charge is 2.07. The largest absolute Gasteiger partial charge is 0.508 e. The van der Waals surface area contributed by atoms with E-state index >= 15 is 0 Å². The Kier molecular flexibility index (Phi) is 28.9. The van der Waals surface area contributed by atoms with Gasteiger partial charge >= 0.3 is 19.8 Å². The Balaban J connectivity index is 0.000000188. The van der Waals surface area contributed by atoms with E-state index in [0.29, 0.717) is 11.3 Å². The molecule has 0 atom stereocenters. The standard InChI is InChI=1S/C16H14F2O3.C16H16O.C15H12F2O3.C15H12F2O2.C15H14O3/c1-20-15-9-12(8-13(19)10-15)3-2-11-4-6-14(7-5-11)21-16(17)18;1-13-6-8-14(9-7-13)10-11-15-4-3-5-16(12-15)17-2;16-15(17)20-14-5-3-10(4-6-14)1-2-11-7-12(18)9-13(19)8-11;16-15(17)19-14-8-6-11(7-9-14)4-5-12-2-1-3-13(18)10-12;1-18-15-6-4-11(5-7-15)2-3-12-8-13(16)10-14(17)9-12/h2-10,16,19H,1H3;3-12H,1-2H3;1-9,15,18-19H;1-10,15,18H;2-10,16-17H,1H3/b3-2+;11-10+;2-1+;5-4+;3-2+. The predicted molar refractivity (Wildman–Crippen MR) is 363 cm³/mol. The quantitative estimate of drug-likeness (QED) is 0.0334. The molecule has 0 aliphatic carbocycles. The van der Waals surface area contributed by atoms with Crippen molar-refractivity contribution in [2.75, 3.05) is 21.3 Å². The number of methoxy groups -OCH3 is 3. The average molecular weight is 1300 g/mol. The van der Waals surface area contributed by atoms with E-state index in [0.717, 1.165) is 56.0 Å². The van der Waals surface area contributed by atoms with Crippen LogP contribution in [0.2, 0.25) is 0 Å². The molecule has 0 aromatic heterocycles. The number of hydrogen-bond acceptors (Lipinski definition) is 12. The second kappa shape index (κ2) is 38.1. The van der Waals surface area contributed by atoms with Gasteiger partial charge < -0.3 is 59.1 Å². The maximum absolute atomic E-state index is 12.0. The zero-order valence-corrected chi connectivity index (χ0v) is 51.8. The lowest BCUT2D eigenvalue weighted by molar-refractivity contribution is -0.0505. The Morgan fingerprint density at radius 3 is 0.842 bits per heavy atom. The third-order valence-corrected chi connectivity index (χ3v) is 12.8. The lowest BCUT2D eigenvalue weighted by Crippen LogP contribution is -2.01. The third-order valence-electron chi connectivity index (χ3n) is 12.8. The summed E-state index contributed by atoms with van der Waals surface area (Å²) in [7, 11) is 4.83. The average Bonchev–Trinajstić information content (AvgIpc) is 2.78. The summed E-state index contributed by atoms with van der Waals surface area (Å²) in [5.41, 5.74) is 10.1. The number of aryl methyl sites for hydroxylation is 1. The molecule has 10 aromatic rings. The Morgan fingerprint density at radius 2 is 0.505 bits per heavy atom. The number of aromatic hydroxyl groups is 6. The molecule has 10 rings (SSSR count). The van der Waals surface area contributed by atoms with Crippen LogP contribution < -0.4 is 28.4 Å². The van der Waals surface area contributed by atoms with Crippen LogP contribution in [0, 0.1) is 6.92 Å². The molecule has 0 aliphatic heterocycles. The van der Waals surface area contributed by atoms with Gasteiger partial charge in [0.1, 0.15) is 69.0 Å². The Hall–Kier alpha value is -11.9. The second-order valence-corrected chi connectivity index (χ2v) is 20.1. The molecule has 12 nitrogen and oxygen atoms in total. The fourth-order valence-electron chi connectivity index (χ4n) is 8.26. The number of phenolic OH excluding ortho intramolecular Hbond substituents is 6. The molecular weight excluding hydrogens is 1230 g/mol. The topological polar surface area (TPSA) is 177 Å². The number of hydrogen-bond donors (Lipinski definition) is 6. The van der Waals surface area contributed by atoms with E-state index in [9.17, 15) is 57.0 Å². The molecule has 490 valence electrons. The zero-order chi connectivity index (χ0) is 68.5. The van der Waals surface area contributed by atoms with Gasteiger partial charge in [0.05, 0.1) is 21.3 Å². The monoisotopic (exact) mass is 1300 g/mol. The lowest BCUT2D eigenvalue weighted by Gasteiger charge is -2.04. The van der Waals surface area contributed by atoms with E-state index < -0.39 is 19.8 Å². The highest BCUT2D eigenvalue weighted by Crippen LogP contribution is 2.27. The zero-order valence-electron chi connectivity index (χ0n) is 51.8. The van der Waals surface area contributed by atoms with Crippen molar-refractivity contribution in [1.82, 2.24) is 0 Å². The molecule has 0 saturated carbocycles. The minimum atomic E-state index is -2.84. The van der Waals surface area contributed by atoms with Gasteiger partial charge in [-0.1, -0.05) is 163 Å². The molecule has 95 heavy (non-hydrogen) atoms. The fourth-order valence-corrected chi connectivity index (χ4v) is 8.26. The van der Waals surface area contributed by atoms with E-state index in [-0.39, 0.29) is 51.7 Å². The van der Waals surface area contributed by atoms with E-state index in [1.807, 2.05) is 72.8 Å². The molecule has 0 aliphatic rings. The number of benzene rings is 10. The molecule has 0 fully saturated rings. The number of alkyl halides is 6. The number of ether oxygens (including phenoxy) is 6. The Bertz CT molecular complexity index is 4060. The van der Waals surface area contributed by atoms with Crippen LogP contribution in [0.3, 0.4) is 0 Å². The molecular formula is C77H68F6O12. The van der Waals surface area contributed by atoms with Crippen molar-refractivity contribution in [2.24, 2.45) is 0 Å². The number of rotatable bonds is 19. The minimum Gasteiger partial charge on any atom is -0.508 e. The van der Waals surface area contributed by atoms with E-state index in [2.05, 4.69) is 63.6 Å². The molecule has 0 amide bonds. The summed E-state index contributed by atoms with van der Waals surface area (Å²) in [6.07, 6.45) is 18.5. The van der Waals surface area contributed by atoms with E-state index in [4.69, 9.17) is 14.2 Å². The maximum atomic E-state index is 12.0. The molecule has 0 unspecified atom stereocenters. The van der Waals surface area contributed by atoms with Crippen LogP contribution in [0.4, 0.5) is 26.3 Å². The van der Waals surface area contributed by atoms with Crippen molar-refractivity contribution in [3.8, 4) is 69.0 Å². The van der Waals surface area contributed by atoms with Crippen LogP contribution in [0.5, 0.6) is 69.0 Å². The van der Waals surface area contributed by atoms with Gasteiger partial charge in [0.2, 0.25) is 0 Å². The summed E-state index contributed by atoms with van der Waals surface area (Å²) < 4.78 is 100. The summed E-state index contributed by atoms with van der Waals surface area (Å²) in [6.45, 7) is -6.39. The third kappa shape index (κ3) is 28.0. The van der Waals surface area contributed by atoms with Crippen LogP contribution in [-0.2, 0) is 0 Å². The normalized spacial score (nSPS) is 11.0. The highest BCUT2D eigenvalue weighted by atomic mass is 19.3. The van der Waals surface area contributed by atoms with Gasteiger partial charge in [-0.2, -0.15) is 26.3 Å². The lowest BCUT2D eigenvalue weighted by atomic mass is 10.1. The van der Waals surface area contributed by atoms with Crippen LogP contribution in [0.1, 0.15) is 61.2 Å². The first-order chi connectivity index (χ1) is 45.7. The summed E-state index contributed by atoms with van der Waals surface area (Å²) >= 11 is 0. The first kappa shape index (κ1) is 72.1. The molecule has 0 heterocycles. The van der Waals surface area contributed by atoms with Gasteiger partial charge in [-0.05, 0) is 172 Å². The Labute approximate surface area is 546 Å². The van der Waals surface area contributed by atoms with Gasteiger partial charge in [0.25, 0.3) is 0 Å². The summed E-state index contributed by atoms with van der Waals surface area (Å²) in [5, 5.41) is 56.2. The van der Waals surface area contributed by atoms with Crippen molar-refractivity contribution in [3.05, 3.63) is 286 Å². The summed E-state index contributed by atoms with van der Waals surface area (Å²) in [4.78, 5) is 0. The van der Waals surface area contributed by atoms with Crippen LogP contribution in [-0.4, -0.2) is 71.8 Å². The second-order valence-electron chi connectivity index (χ2n) is 20.1. The summed E-state index contributed by atoms with van der Waals surface area (Å²) in [5.74, 6) is 2.90. The maximum Gasteiger partial charge on any atom is 0.387 e. The first-order valence-corrected chi connectivity index (χ1v) is 28.8. The summed E-state index contributed by atoms with van der Waals surface area (Å²) in [6, 6.07) is 63.1. The van der Waals surface area contributed by atoms with Crippen molar-refractivity contribution in [3.63, 3.8) is 0 Å². The predicted octanol–water partition coefficient (Wildman–Crippen LogP) is 19.7. The van der Waals surface area contributed by atoms with Gasteiger partial charge in [-0.3, -0.25) is 0 Å². The van der Waals surface area contributed by atoms with E-state index in [1.165, 1.54) is 85.0 Å². The molecule has 6 N–H and O–H groups in total. The van der Waals surface area contributed by atoms with Gasteiger partial charge in [0.15, 0.2) is 0 Å². The fraction of sp³-hybridized carbons (Fsp3) is 0.0909. The highest BCUT2D eigenvalue weighted by molar-refractivity contribution is 5.74. The van der Waals surface area contributed by atoms with Gasteiger partial charge in [0, 0.05) is 18.2 Å². The molecule has 0 spiro atoms. The Morgan fingerprint density at radius 1 is 0.242 bits per heavy atom. The van der Waals surface area contributed by atoms with Crippen molar-refractivity contribution in [2.45, 2.75) is 26.8 Å². The minimum absolute atomic E-state index is 0.0367. The van der Waals surface area contributed by atoms with E-state index in [1.54, 1.807) is 117 Å². The molecule has 10 aromatic carbocycles. The van der Waals surface area contributed by atoms with Gasteiger partial charge in [-0.15, -0.1) is 0 Å². The number of halogens is 6. The van der Waals surface area contributed by atoms with Crippen LogP contribution in [0.15, 0.2) is 224 Å².